The van der Waals surface area contributed by atoms with Crippen LogP contribution in [-0.4, -0.2) is 74.9 Å². The number of carbonyl (C=O) groups excluding carboxylic acids is 2. The molecular formula is C27H33Cl2N5O4. The molecule has 9 nitrogen and oxygen atoms in total. The van der Waals surface area contributed by atoms with E-state index >= 15 is 0 Å². The van der Waals surface area contributed by atoms with E-state index < -0.39 is 24.0 Å². The number of carboxylic acids is 1. The fraction of sp³-hybridized carbons (Fsp3) is 0.481. The Morgan fingerprint density at radius 3 is 2.66 bits per heavy atom. The lowest BCUT2D eigenvalue weighted by molar-refractivity contribution is -0.144. The van der Waals surface area contributed by atoms with E-state index in [9.17, 15) is 19.5 Å². The minimum absolute atomic E-state index is 0.00909. The summed E-state index contributed by atoms with van der Waals surface area (Å²) >= 11 is 11.9. The van der Waals surface area contributed by atoms with Gasteiger partial charge < -0.3 is 21.1 Å². The third-order valence-corrected chi connectivity index (χ3v) is 8.03. The van der Waals surface area contributed by atoms with Crippen LogP contribution in [-0.2, 0) is 27.3 Å². The van der Waals surface area contributed by atoms with Crippen molar-refractivity contribution >= 4 is 41.0 Å². The quantitative estimate of drug-likeness (QED) is 0.380. The van der Waals surface area contributed by atoms with Crippen LogP contribution < -0.4 is 11.1 Å². The number of aromatic nitrogens is 1. The zero-order valence-corrected chi connectivity index (χ0v) is 22.6. The molecule has 4 N–H and O–H groups in total. The summed E-state index contributed by atoms with van der Waals surface area (Å²) in [6, 6.07) is 12.1. The average Bonchev–Trinajstić information content (AvgIpc) is 3.24. The predicted molar refractivity (Wildman–Crippen MR) is 145 cm³/mol. The number of nitrogens with zero attached hydrogens (tertiary/aromatic N) is 3. The summed E-state index contributed by atoms with van der Waals surface area (Å²) in [5.41, 5.74) is 8.03. The van der Waals surface area contributed by atoms with Gasteiger partial charge in [0.1, 0.15) is 11.2 Å². The van der Waals surface area contributed by atoms with Crippen molar-refractivity contribution in [2.24, 2.45) is 5.73 Å². The number of amides is 2. The van der Waals surface area contributed by atoms with Gasteiger partial charge in [-0.3, -0.25) is 19.3 Å². The number of nitrogens with two attached hydrogens (primary N) is 1. The minimum atomic E-state index is -1.03. The van der Waals surface area contributed by atoms with E-state index in [0.29, 0.717) is 36.6 Å². The maximum atomic E-state index is 13.8. The fourth-order valence-corrected chi connectivity index (χ4v) is 5.71. The van der Waals surface area contributed by atoms with Crippen LogP contribution in [0.25, 0.3) is 0 Å². The van der Waals surface area contributed by atoms with Crippen LogP contribution in [0.1, 0.15) is 43.4 Å². The molecule has 3 heterocycles. The standard InChI is InChI=1S/C27H33Cl2N5O4/c28-21-9-7-19(32-25(21)29)15-31-26(37)22(10-11-24(35)36)33-13-12-20(8-6-17-4-2-1-3-5-17)34-16-18(30)14-23(34)27(33)38/h1-5,7,9,18,20,22-23H,6,8,10-16,30H2,(H,31,37)(H,35,36)/t18-,20?,22-,23+/m1/s1. The molecule has 2 amide bonds. The van der Waals surface area contributed by atoms with Crippen molar-refractivity contribution in [3.8, 4) is 0 Å². The zero-order valence-electron chi connectivity index (χ0n) is 21.1. The lowest BCUT2D eigenvalue weighted by Crippen LogP contribution is -2.53. The summed E-state index contributed by atoms with van der Waals surface area (Å²) in [6.45, 7) is 1.06. The Balaban J connectivity index is 1.51. The summed E-state index contributed by atoms with van der Waals surface area (Å²) in [4.78, 5) is 46.5. The van der Waals surface area contributed by atoms with Crippen LogP contribution >= 0.6 is 23.2 Å². The summed E-state index contributed by atoms with van der Waals surface area (Å²) in [7, 11) is 0. The third kappa shape index (κ3) is 7.02. The number of benzene rings is 1. The molecule has 1 unspecified atom stereocenters. The number of halogens is 2. The maximum absolute atomic E-state index is 13.8. The van der Waals surface area contributed by atoms with Crippen molar-refractivity contribution in [2.45, 2.75) is 69.2 Å². The Kier molecular flexibility index (Phi) is 9.59. The maximum Gasteiger partial charge on any atom is 0.303 e. The number of fused-ring (bicyclic) bond motifs is 1. The van der Waals surface area contributed by atoms with E-state index in [1.165, 1.54) is 5.56 Å². The van der Waals surface area contributed by atoms with Crippen LogP contribution in [0.3, 0.4) is 0 Å². The average molecular weight is 562 g/mol. The molecule has 2 fully saturated rings. The molecule has 0 aliphatic carbocycles. The lowest BCUT2D eigenvalue weighted by Gasteiger charge is -2.32. The van der Waals surface area contributed by atoms with Gasteiger partial charge in [0.05, 0.1) is 23.3 Å². The highest BCUT2D eigenvalue weighted by Gasteiger charge is 2.45. The number of carboxylic acid groups (broad SMARTS) is 1. The first-order valence-electron chi connectivity index (χ1n) is 12.9. The second kappa shape index (κ2) is 12.9. The van der Waals surface area contributed by atoms with Gasteiger partial charge in [0.25, 0.3) is 0 Å². The first-order valence-corrected chi connectivity index (χ1v) is 13.6. The highest BCUT2D eigenvalue weighted by Crippen LogP contribution is 2.30. The van der Waals surface area contributed by atoms with Crippen molar-refractivity contribution in [3.05, 3.63) is 63.9 Å². The van der Waals surface area contributed by atoms with E-state index in [1.54, 1.807) is 17.0 Å². The highest BCUT2D eigenvalue weighted by molar-refractivity contribution is 6.41. The van der Waals surface area contributed by atoms with Gasteiger partial charge in [0, 0.05) is 31.6 Å². The van der Waals surface area contributed by atoms with Crippen molar-refractivity contribution < 1.29 is 19.5 Å². The Morgan fingerprint density at radius 1 is 1.18 bits per heavy atom. The van der Waals surface area contributed by atoms with Crippen LogP contribution in [0.5, 0.6) is 0 Å². The summed E-state index contributed by atoms with van der Waals surface area (Å²) in [6.07, 6.45) is 2.69. The zero-order chi connectivity index (χ0) is 27.2. The molecule has 0 radical (unpaired) electrons. The second-order valence-corrected chi connectivity index (χ2v) is 10.7. The molecular weight excluding hydrogens is 529 g/mol. The Bertz CT molecular complexity index is 1150. The molecule has 38 heavy (non-hydrogen) atoms. The van der Waals surface area contributed by atoms with E-state index in [2.05, 4.69) is 27.3 Å². The second-order valence-electron chi connectivity index (χ2n) is 9.95. The molecule has 2 aliphatic heterocycles. The summed E-state index contributed by atoms with van der Waals surface area (Å²) < 4.78 is 0. The third-order valence-electron chi connectivity index (χ3n) is 7.34. The minimum Gasteiger partial charge on any atom is -0.481 e. The van der Waals surface area contributed by atoms with Gasteiger partial charge in [-0.1, -0.05) is 53.5 Å². The molecule has 4 rings (SSSR count). The number of carbonyl (C=O) groups is 3. The fourth-order valence-electron chi connectivity index (χ4n) is 5.43. The van der Waals surface area contributed by atoms with E-state index in [1.807, 2.05) is 18.2 Å². The number of nitrogens with one attached hydrogen (secondary N) is 1. The van der Waals surface area contributed by atoms with E-state index in [-0.39, 0.29) is 42.5 Å². The molecule has 0 bridgehead atoms. The van der Waals surface area contributed by atoms with E-state index in [0.717, 1.165) is 12.8 Å². The van der Waals surface area contributed by atoms with E-state index in [4.69, 9.17) is 28.9 Å². The molecule has 204 valence electrons. The molecule has 0 spiro atoms. The lowest BCUT2D eigenvalue weighted by atomic mass is 10.0. The molecule has 1 aromatic carbocycles. The normalized spacial score (nSPS) is 22.6. The van der Waals surface area contributed by atoms with Crippen LogP contribution in [0.4, 0.5) is 0 Å². The smallest absolute Gasteiger partial charge is 0.303 e. The largest absolute Gasteiger partial charge is 0.481 e. The molecule has 1 aromatic heterocycles. The first kappa shape index (κ1) is 28.3. The van der Waals surface area contributed by atoms with Gasteiger partial charge in [0.15, 0.2) is 0 Å². The summed E-state index contributed by atoms with van der Waals surface area (Å²) in [5.74, 6) is -1.62. The van der Waals surface area contributed by atoms with Crippen molar-refractivity contribution in [1.29, 1.82) is 0 Å². The molecule has 0 saturated carbocycles. The predicted octanol–water partition coefficient (Wildman–Crippen LogP) is 2.87. The van der Waals surface area contributed by atoms with Crippen molar-refractivity contribution in [1.82, 2.24) is 20.1 Å². The van der Waals surface area contributed by atoms with Gasteiger partial charge >= 0.3 is 5.97 Å². The molecule has 2 aromatic rings. The highest BCUT2D eigenvalue weighted by atomic mass is 35.5. The monoisotopic (exact) mass is 561 g/mol. The number of aliphatic carboxylic acids is 1. The van der Waals surface area contributed by atoms with Gasteiger partial charge in [-0.25, -0.2) is 4.98 Å². The molecule has 2 aliphatic rings. The molecule has 4 atom stereocenters. The number of hydrogen-bond acceptors (Lipinski definition) is 6. The number of pyridine rings is 1. The van der Waals surface area contributed by atoms with Gasteiger partial charge in [-0.2, -0.15) is 0 Å². The first-order chi connectivity index (χ1) is 18.2. The number of hydrogen-bond donors (Lipinski definition) is 3. The number of aryl methyl sites for hydroxylation is 1. The Hall–Kier alpha value is -2.72. The van der Waals surface area contributed by atoms with Crippen LogP contribution in [0, 0.1) is 0 Å². The topological polar surface area (TPSA) is 129 Å². The Labute approximate surface area is 232 Å². The Morgan fingerprint density at radius 2 is 1.95 bits per heavy atom. The van der Waals surface area contributed by atoms with Crippen LogP contribution in [0.15, 0.2) is 42.5 Å². The van der Waals surface area contributed by atoms with Gasteiger partial charge in [0.2, 0.25) is 11.8 Å². The SMILES string of the molecule is N[C@@H]1C[C@H]2C(=O)N([C@H](CCC(=O)O)C(=O)NCc3ccc(Cl)c(Cl)n3)CCC(CCc3ccccc3)N2C1. The van der Waals surface area contributed by atoms with Crippen molar-refractivity contribution in [2.75, 3.05) is 13.1 Å². The summed E-state index contributed by atoms with van der Waals surface area (Å²) in [5, 5.41) is 12.6. The molecule has 11 heteroatoms. The van der Waals surface area contributed by atoms with Crippen LogP contribution in [0.2, 0.25) is 10.2 Å². The van der Waals surface area contributed by atoms with Gasteiger partial charge in [-0.05, 0) is 49.8 Å². The molecule has 2 saturated heterocycles. The number of rotatable bonds is 10. The van der Waals surface area contributed by atoms with Crippen molar-refractivity contribution in [3.63, 3.8) is 0 Å². The van der Waals surface area contributed by atoms with Gasteiger partial charge in [-0.15, -0.1) is 0 Å².